The third kappa shape index (κ3) is 4.25. The second-order valence-corrected chi connectivity index (χ2v) is 5.30. The first-order chi connectivity index (χ1) is 10.6. The molecule has 4 nitrogen and oxygen atoms in total. The first-order valence-corrected chi connectivity index (χ1v) is 7.28. The van der Waals surface area contributed by atoms with E-state index in [9.17, 15) is 4.79 Å². The van der Waals surface area contributed by atoms with Crippen molar-refractivity contribution < 1.29 is 9.53 Å². The highest BCUT2D eigenvalue weighted by Gasteiger charge is 2.06. The van der Waals surface area contributed by atoms with E-state index in [0.717, 1.165) is 23.4 Å². The van der Waals surface area contributed by atoms with Crippen LogP contribution in [0.25, 0.3) is 0 Å². The summed E-state index contributed by atoms with van der Waals surface area (Å²) < 4.78 is 5.20. The predicted molar refractivity (Wildman–Crippen MR) is 89.8 cm³/mol. The quantitative estimate of drug-likeness (QED) is 0.891. The molecule has 0 unspecified atom stereocenters. The molecule has 0 aliphatic heterocycles. The van der Waals surface area contributed by atoms with Gasteiger partial charge in [0, 0.05) is 31.9 Å². The number of hydrogen-bond donors (Lipinski definition) is 1. The Bertz CT molecular complexity index is 638. The van der Waals surface area contributed by atoms with Crippen LogP contribution in [-0.2, 0) is 6.42 Å². The monoisotopic (exact) mass is 298 g/mol. The summed E-state index contributed by atoms with van der Waals surface area (Å²) in [5, 5.41) is 2.95. The molecule has 1 amide bonds. The molecule has 0 radical (unpaired) electrons. The molecule has 0 heterocycles. The molecule has 0 aliphatic rings. The summed E-state index contributed by atoms with van der Waals surface area (Å²) in [5.41, 5.74) is 2.83. The number of nitrogens with zero attached hydrogens (tertiary/aromatic N) is 1. The number of hydrogen-bond acceptors (Lipinski definition) is 3. The summed E-state index contributed by atoms with van der Waals surface area (Å²) in [7, 11) is 5.57. The summed E-state index contributed by atoms with van der Waals surface area (Å²) in [5.74, 6) is 0.786. The summed E-state index contributed by atoms with van der Waals surface area (Å²) >= 11 is 0. The summed E-state index contributed by atoms with van der Waals surface area (Å²) in [6.45, 7) is 0.595. The molecule has 0 saturated carbocycles. The maximum Gasteiger partial charge on any atom is 0.251 e. The Balaban J connectivity index is 1.91. The maximum absolute atomic E-state index is 12.2. The largest absolute Gasteiger partial charge is 0.497 e. The van der Waals surface area contributed by atoms with Crippen molar-refractivity contribution in [1.82, 2.24) is 5.32 Å². The fourth-order valence-electron chi connectivity index (χ4n) is 2.18. The van der Waals surface area contributed by atoms with Gasteiger partial charge in [0.25, 0.3) is 5.91 Å². The van der Waals surface area contributed by atoms with Crippen LogP contribution in [0, 0.1) is 0 Å². The molecule has 0 aromatic heterocycles. The molecular formula is C18H22N2O2. The van der Waals surface area contributed by atoms with Crippen LogP contribution in [0.4, 0.5) is 5.69 Å². The van der Waals surface area contributed by atoms with Crippen LogP contribution < -0.4 is 15.0 Å². The van der Waals surface area contributed by atoms with Crippen molar-refractivity contribution >= 4 is 11.6 Å². The van der Waals surface area contributed by atoms with Crippen LogP contribution in [0.15, 0.2) is 48.5 Å². The molecule has 0 aliphatic carbocycles. The molecule has 0 saturated heterocycles. The van der Waals surface area contributed by atoms with Crippen LogP contribution in [0.5, 0.6) is 5.75 Å². The fraction of sp³-hybridized carbons (Fsp3) is 0.278. The first-order valence-electron chi connectivity index (χ1n) is 7.28. The van der Waals surface area contributed by atoms with Gasteiger partial charge in [-0.05, 0) is 42.3 Å². The van der Waals surface area contributed by atoms with Crippen molar-refractivity contribution in [3.8, 4) is 5.75 Å². The van der Waals surface area contributed by atoms with Gasteiger partial charge < -0.3 is 15.0 Å². The van der Waals surface area contributed by atoms with E-state index in [4.69, 9.17) is 4.74 Å². The van der Waals surface area contributed by atoms with Gasteiger partial charge in [-0.25, -0.2) is 0 Å². The van der Waals surface area contributed by atoms with E-state index >= 15 is 0 Å². The summed E-state index contributed by atoms with van der Waals surface area (Å²) in [6, 6.07) is 15.5. The minimum absolute atomic E-state index is 0.0494. The number of benzene rings is 2. The minimum Gasteiger partial charge on any atom is -0.497 e. The van der Waals surface area contributed by atoms with Crippen molar-refractivity contribution in [2.45, 2.75) is 6.42 Å². The number of carbonyl (C=O) groups is 1. The lowest BCUT2D eigenvalue weighted by molar-refractivity contribution is 0.0954. The van der Waals surface area contributed by atoms with Gasteiger partial charge in [0.05, 0.1) is 7.11 Å². The zero-order chi connectivity index (χ0) is 15.9. The van der Waals surface area contributed by atoms with Gasteiger partial charge in [-0.2, -0.15) is 0 Å². The SMILES string of the molecule is COc1cccc(CCNC(=O)c2cccc(N(C)C)c2)c1. The van der Waals surface area contributed by atoms with Gasteiger partial charge in [0.2, 0.25) is 0 Å². The number of nitrogens with one attached hydrogen (secondary N) is 1. The molecule has 1 N–H and O–H groups in total. The molecule has 4 heteroatoms. The van der Waals surface area contributed by atoms with Crippen molar-refractivity contribution in [2.24, 2.45) is 0 Å². The van der Waals surface area contributed by atoms with Crippen LogP contribution in [-0.4, -0.2) is 33.7 Å². The topological polar surface area (TPSA) is 41.6 Å². The molecule has 0 spiro atoms. The Hall–Kier alpha value is -2.49. The van der Waals surface area contributed by atoms with Gasteiger partial charge >= 0.3 is 0 Å². The molecular weight excluding hydrogens is 276 g/mol. The Morgan fingerprint density at radius 3 is 2.64 bits per heavy atom. The molecule has 2 aromatic carbocycles. The summed E-state index contributed by atoms with van der Waals surface area (Å²) in [6.07, 6.45) is 0.774. The highest BCUT2D eigenvalue weighted by Crippen LogP contribution is 2.14. The molecule has 2 aromatic rings. The lowest BCUT2D eigenvalue weighted by Crippen LogP contribution is -2.26. The predicted octanol–water partition coefficient (Wildman–Crippen LogP) is 2.73. The molecule has 116 valence electrons. The van der Waals surface area contributed by atoms with Crippen molar-refractivity contribution in [3.05, 3.63) is 59.7 Å². The van der Waals surface area contributed by atoms with Crippen molar-refractivity contribution in [2.75, 3.05) is 32.6 Å². The van der Waals surface area contributed by atoms with E-state index in [1.165, 1.54) is 0 Å². The third-order valence-corrected chi connectivity index (χ3v) is 3.46. The average Bonchev–Trinajstić information content (AvgIpc) is 2.55. The number of methoxy groups -OCH3 is 1. The van der Waals surface area contributed by atoms with E-state index in [1.54, 1.807) is 7.11 Å². The van der Waals surface area contributed by atoms with Crippen LogP contribution in [0.2, 0.25) is 0 Å². The fourth-order valence-corrected chi connectivity index (χ4v) is 2.18. The van der Waals surface area contributed by atoms with Crippen LogP contribution in [0.3, 0.4) is 0 Å². The number of carbonyl (C=O) groups excluding carboxylic acids is 1. The normalized spacial score (nSPS) is 10.1. The third-order valence-electron chi connectivity index (χ3n) is 3.46. The minimum atomic E-state index is -0.0494. The summed E-state index contributed by atoms with van der Waals surface area (Å²) in [4.78, 5) is 14.2. The van der Waals surface area contributed by atoms with Crippen molar-refractivity contribution in [1.29, 1.82) is 0 Å². The van der Waals surface area contributed by atoms with Gasteiger partial charge in [0.15, 0.2) is 0 Å². The Morgan fingerprint density at radius 2 is 1.91 bits per heavy atom. The van der Waals surface area contributed by atoms with Crippen LogP contribution in [0.1, 0.15) is 15.9 Å². The van der Waals surface area contributed by atoms with E-state index in [0.29, 0.717) is 12.1 Å². The molecule has 22 heavy (non-hydrogen) atoms. The number of rotatable bonds is 6. The second kappa shape index (κ2) is 7.50. The standard InChI is InChI=1S/C18H22N2O2/c1-20(2)16-8-5-7-15(13-16)18(21)19-11-10-14-6-4-9-17(12-14)22-3/h4-9,12-13H,10-11H2,1-3H3,(H,19,21). The Kier molecular flexibility index (Phi) is 5.42. The van der Waals surface area contributed by atoms with Crippen molar-refractivity contribution in [3.63, 3.8) is 0 Å². The smallest absolute Gasteiger partial charge is 0.251 e. The molecule has 0 fully saturated rings. The van der Waals surface area contributed by atoms with Gasteiger partial charge in [-0.1, -0.05) is 18.2 Å². The Morgan fingerprint density at radius 1 is 1.14 bits per heavy atom. The molecule has 2 rings (SSSR count). The van der Waals surface area contributed by atoms with Gasteiger partial charge in [0.1, 0.15) is 5.75 Å². The first kappa shape index (κ1) is 15.9. The van der Waals surface area contributed by atoms with E-state index < -0.39 is 0 Å². The lowest BCUT2D eigenvalue weighted by Gasteiger charge is -2.13. The Labute approximate surface area is 131 Å². The molecule has 0 atom stereocenters. The zero-order valence-electron chi connectivity index (χ0n) is 13.3. The second-order valence-electron chi connectivity index (χ2n) is 5.30. The van der Waals surface area contributed by atoms with Gasteiger partial charge in [-0.3, -0.25) is 4.79 Å². The van der Waals surface area contributed by atoms with E-state index in [-0.39, 0.29) is 5.91 Å². The number of anilines is 1. The van der Waals surface area contributed by atoms with E-state index in [2.05, 4.69) is 5.32 Å². The highest BCUT2D eigenvalue weighted by molar-refractivity contribution is 5.95. The lowest BCUT2D eigenvalue weighted by atomic mass is 10.1. The average molecular weight is 298 g/mol. The molecule has 0 bridgehead atoms. The van der Waals surface area contributed by atoms with Crippen LogP contribution >= 0.6 is 0 Å². The number of amides is 1. The number of ether oxygens (including phenoxy) is 1. The maximum atomic E-state index is 12.2. The highest BCUT2D eigenvalue weighted by atomic mass is 16.5. The van der Waals surface area contributed by atoms with Gasteiger partial charge in [-0.15, -0.1) is 0 Å². The zero-order valence-corrected chi connectivity index (χ0v) is 13.3. The van der Waals surface area contributed by atoms with E-state index in [1.807, 2.05) is 67.5 Å².